The van der Waals surface area contributed by atoms with Gasteiger partial charge in [-0.15, -0.1) is 0 Å². The van der Waals surface area contributed by atoms with Crippen LogP contribution in [0.15, 0.2) is 0 Å². The Kier molecular flexibility index (Phi) is 6.65. The van der Waals surface area contributed by atoms with Crippen LogP contribution in [0.3, 0.4) is 0 Å². The molecule has 0 heterocycles. The van der Waals surface area contributed by atoms with Gasteiger partial charge in [0.05, 0.1) is 0 Å². The summed E-state index contributed by atoms with van der Waals surface area (Å²) in [6, 6.07) is 0.388. The molecule has 0 saturated heterocycles. The first-order chi connectivity index (χ1) is 6.84. The molecule has 1 aliphatic carbocycles. The van der Waals surface area contributed by atoms with Gasteiger partial charge in [0, 0.05) is 18.4 Å². The minimum absolute atomic E-state index is 0.311. The molecule has 1 rings (SSSR count). The number of thioether (sulfide) groups is 1. The topological polar surface area (TPSA) is 46.2 Å². The van der Waals surface area contributed by atoms with Crippen molar-refractivity contribution < 1.29 is 5.11 Å². The van der Waals surface area contributed by atoms with Crippen LogP contribution in [0.25, 0.3) is 0 Å². The lowest BCUT2D eigenvalue weighted by Gasteiger charge is -2.27. The van der Waals surface area contributed by atoms with Gasteiger partial charge in [-0.1, -0.05) is 19.3 Å². The third kappa shape index (κ3) is 4.67. The summed E-state index contributed by atoms with van der Waals surface area (Å²) < 4.78 is 0. The van der Waals surface area contributed by atoms with Crippen LogP contribution < -0.4 is 5.73 Å². The minimum Gasteiger partial charge on any atom is -0.396 e. The quantitative estimate of drug-likeness (QED) is 0.669. The van der Waals surface area contributed by atoms with E-state index in [-0.39, 0.29) is 0 Å². The van der Waals surface area contributed by atoms with Crippen LogP contribution in [0.2, 0.25) is 0 Å². The summed E-state index contributed by atoms with van der Waals surface area (Å²) in [5, 5.41) is 8.64. The molecule has 14 heavy (non-hydrogen) atoms. The third-order valence-electron chi connectivity index (χ3n) is 3.01. The van der Waals surface area contributed by atoms with E-state index in [1.54, 1.807) is 0 Å². The predicted octanol–water partition coefficient (Wildman–Crippen LogP) is 2.01. The fraction of sp³-hybridized carbons (Fsp3) is 1.00. The van der Waals surface area contributed by atoms with E-state index >= 15 is 0 Å². The summed E-state index contributed by atoms with van der Waals surface area (Å²) >= 11 is 1.89. The van der Waals surface area contributed by atoms with Crippen molar-refractivity contribution in [2.45, 2.75) is 44.6 Å². The second-order valence-corrected chi connectivity index (χ2v) is 5.36. The molecule has 3 N–H and O–H groups in total. The molecule has 1 saturated carbocycles. The van der Waals surface area contributed by atoms with Gasteiger partial charge in [0.2, 0.25) is 0 Å². The van der Waals surface area contributed by atoms with Crippen LogP contribution in [0.1, 0.15) is 38.5 Å². The van der Waals surface area contributed by atoms with Gasteiger partial charge < -0.3 is 10.8 Å². The average Bonchev–Trinajstić information content (AvgIpc) is 2.25. The van der Waals surface area contributed by atoms with E-state index in [0.29, 0.717) is 12.6 Å². The summed E-state index contributed by atoms with van der Waals surface area (Å²) in [5.74, 6) is 2.90. The number of hydrogen-bond acceptors (Lipinski definition) is 3. The molecule has 0 aromatic rings. The first-order valence-electron chi connectivity index (χ1n) is 5.78. The minimum atomic E-state index is 0.311. The Morgan fingerprint density at radius 2 is 2.00 bits per heavy atom. The number of hydrogen-bond donors (Lipinski definition) is 2. The number of aliphatic hydroxyl groups excluding tert-OH is 1. The van der Waals surface area contributed by atoms with Crippen molar-refractivity contribution in [1.82, 2.24) is 0 Å². The van der Waals surface area contributed by atoms with E-state index in [4.69, 9.17) is 10.8 Å². The van der Waals surface area contributed by atoms with Gasteiger partial charge in [-0.05, 0) is 30.9 Å². The van der Waals surface area contributed by atoms with E-state index in [9.17, 15) is 0 Å². The van der Waals surface area contributed by atoms with Crippen molar-refractivity contribution in [3.8, 4) is 0 Å². The SMILES string of the molecule is NC(CSCCCO)C1CCCCC1. The fourth-order valence-corrected chi connectivity index (χ4v) is 3.13. The van der Waals surface area contributed by atoms with Crippen LogP contribution in [0.5, 0.6) is 0 Å². The van der Waals surface area contributed by atoms with Gasteiger partial charge in [0.1, 0.15) is 0 Å². The van der Waals surface area contributed by atoms with Crippen LogP contribution in [-0.2, 0) is 0 Å². The normalized spacial score (nSPS) is 21.0. The van der Waals surface area contributed by atoms with Crippen LogP contribution in [0.4, 0.5) is 0 Å². The van der Waals surface area contributed by atoms with Crippen molar-refractivity contribution in [3.05, 3.63) is 0 Å². The molecule has 0 amide bonds. The third-order valence-corrected chi connectivity index (χ3v) is 4.21. The van der Waals surface area contributed by atoms with Gasteiger partial charge in [0.15, 0.2) is 0 Å². The molecule has 0 aromatic heterocycles. The lowest BCUT2D eigenvalue weighted by Crippen LogP contribution is -2.33. The summed E-state index contributed by atoms with van der Waals surface area (Å²) in [7, 11) is 0. The molecule has 1 unspecified atom stereocenters. The molecule has 0 aromatic carbocycles. The largest absolute Gasteiger partial charge is 0.396 e. The Hall–Kier alpha value is 0.270. The zero-order valence-electron chi connectivity index (χ0n) is 8.95. The summed E-state index contributed by atoms with van der Waals surface area (Å²) in [5.41, 5.74) is 6.15. The summed E-state index contributed by atoms with van der Waals surface area (Å²) in [6.07, 6.45) is 7.73. The predicted molar refractivity (Wildman–Crippen MR) is 63.6 cm³/mol. The molecule has 1 fully saturated rings. The highest BCUT2D eigenvalue weighted by Gasteiger charge is 2.19. The van der Waals surface area contributed by atoms with Crippen molar-refractivity contribution in [2.75, 3.05) is 18.1 Å². The smallest absolute Gasteiger partial charge is 0.0438 e. The van der Waals surface area contributed by atoms with E-state index in [1.807, 2.05) is 11.8 Å². The van der Waals surface area contributed by atoms with Crippen molar-refractivity contribution in [3.63, 3.8) is 0 Å². The maximum atomic E-state index is 8.64. The van der Waals surface area contributed by atoms with E-state index in [0.717, 1.165) is 23.8 Å². The Balaban J connectivity index is 2.04. The zero-order valence-corrected chi connectivity index (χ0v) is 9.77. The van der Waals surface area contributed by atoms with Gasteiger partial charge in [0.25, 0.3) is 0 Å². The standard InChI is InChI=1S/C11H23NOS/c12-11(9-14-8-4-7-13)10-5-2-1-3-6-10/h10-11,13H,1-9,12H2. The number of nitrogens with two attached hydrogens (primary N) is 1. The van der Waals surface area contributed by atoms with Crippen molar-refractivity contribution >= 4 is 11.8 Å². The molecule has 0 spiro atoms. The lowest BCUT2D eigenvalue weighted by molar-refractivity contribution is 0.296. The Morgan fingerprint density at radius 3 is 2.64 bits per heavy atom. The Morgan fingerprint density at radius 1 is 1.29 bits per heavy atom. The van der Waals surface area contributed by atoms with E-state index in [1.165, 1.54) is 32.1 Å². The van der Waals surface area contributed by atoms with Crippen LogP contribution in [-0.4, -0.2) is 29.3 Å². The highest BCUT2D eigenvalue weighted by molar-refractivity contribution is 7.99. The Labute approximate surface area is 91.6 Å². The fourth-order valence-electron chi connectivity index (χ4n) is 2.08. The summed E-state index contributed by atoms with van der Waals surface area (Å²) in [4.78, 5) is 0. The first-order valence-corrected chi connectivity index (χ1v) is 6.94. The molecule has 1 aliphatic rings. The molecule has 1 atom stereocenters. The maximum absolute atomic E-state index is 8.64. The van der Waals surface area contributed by atoms with Crippen LogP contribution in [0, 0.1) is 5.92 Å². The molecule has 0 bridgehead atoms. The van der Waals surface area contributed by atoms with Crippen LogP contribution >= 0.6 is 11.8 Å². The highest BCUT2D eigenvalue weighted by Crippen LogP contribution is 2.26. The van der Waals surface area contributed by atoms with Gasteiger partial charge in [-0.3, -0.25) is 0 Å². The molecular formula is C11H23NOS. The van der Waals surface area contributed by atoms with Crippen molar-refractivity contribution in [2.24, 2.45) is 11.7 Å². The molecule has 84 valence electrons. The molecule has 2 nitrogen and oxygen atoms in total. The van der Waals surface area contributed by atoms with Gasteiger partial charge >= 0.3 is 0 Å². The van der Waals surface area contributed by atoms with E-state index < -0.39 is 0 Å². The van der Waals surface area contributed by atoms with E-state index in [2.05, 4.69) is 0 Å². The molecular weight excluding hydrogens is 194 g/mol. The van der Waals surface area contributed by atoms with Gasteiger partial charge in [-0.2, -0.15) is 11.8 Å². The summed E-state index contributed by atoms with van der Waals surface area (Å²) in [6.45, 7) is 0.311. The first kappa shape index (κ1) is 12.3. The molecule has 0 aliphatic heterocycles. The zero-order chi connectivity index (χ0) is 10.2. The maximum Gasteiger partial charge on any atom is 0.0438 e. The second-order valence-electron chi connectivity index (χ2n) is 4.21. The highest BCUT2D eigenvalue weighted by atomic mass is 32.2. The van der Waals surface area contributed by atoms with Gasteiger partial charge in [-0.25, -0.2) is 0 Å². The average molecular weight is 217 g/mol. The van der Waals surface area contributed by atoms with Crippen molar-refractivity contribution in [1.29, 1.82) is 0 Å². The molecule has 3 heteroatoms. The monoisotopic (exact) mass is 217 g/mol. The second kappa shape index (κ2) is 7.55. The number of rotatable bonds is 6. The Bertz CT molecular complexity index is 137. The lowest BCUT2D eigenvalue weighted by atomic mass is 9.85. The molecule has 0 radical (unpaired) electrons. The number of aliphatic hydroxyl groups is 1.